The second-order valence-electron chi connectivity index (χ2n) is 3.78. The van der Waals surface area contributed by atoms with Crippen LogP contribution in [0.15, 0.2) is 24.3 Å². The highest BCUT2D eigenvalue weighted by Crippen LogP contribution is 2.11. The molecule has 0 bridgehead atoms. The van der Waals surface area contributed by atoms with Crippen molar-refractivity contribution in [3.63, 3.8) is 0 Å². The Balaban J connectivity index is 2.46. The van der Waals surface area contributed by atoms with Crippen molar-refractivity contribution in [3.05, 3.63) is 29.8 Å². The monoisotopic (exact) mass is 284 g/mol. The number of carbonyl (C=O) groups is 1. The van der Waals surface area contributed by atoms with Gasteiger partial charge in [-0.05, 0) is 17.7 Å². The van der Waals surface area contributed by atoms with E-state index in [0.717, 1.165) is 11.3 Å². The van der Waals surface area contributed by atoms with Gasteiger partial charge in [-0.3, -0.25) is 4.79 Å². The number of carbonyl (C=O) groups excluding carboxylic acids is 1. The molecular weight excluding hydrogens is 268 g/mol. The van der Waals surface area contributed by atoms with E-state index in [9.17, 15) is 4.79 Å². The van der Waals surface area contributed by atoms with E-state index in [0.29, 0.717) is 18.3 Å². The van der Waals surface area contributed by atoms with Crippen molar-refractivity contribution in [3.8, 4) is 0 Å². The molecule has 1 amide bonds. The Labute approximate surface area is 105 Å². The van der Waals surface area contributed by atoms with Crippen molar-refractivity contribution in [1.82, 2.24) is 5.32 Å². The Bertz CT molecular complexity index is 335. The normalized spacial score (nSPS) is 9.94. The summed E-state index contributed by atoms with van der Waals surface area (Å²) in [5, 5.41) is 3.57. The summed E-state index contributed by atoms with van der Waals surface area (Å²) in [6.45, 7) is 0.597. The van der Waals surface area contributed by atoms with Crippen LogP contribution in [0, 0.1) is 0 Å². The highest BCUT2D eigenvalue weighted by atomic mass is 79.9. The predicted molar refractivity (Wildman–Crippen MR) is 71.0 cm³/mol. The highest BCUT2D eigenvalue weighted by Gasteiger charge is 2.00. The van der Waals surface area contributed by atoms with E-state index in [-0.39, 0.29) is 5.91 Å². The van der Waals surface area contributed by atoms with Gasteiger partial charge in [-0.25, -0.2) is 0 Å². The molecule has 0 saturated carbocycles. The van der Waals surface area contributed by atoms with Crippen molar-refractivity contribution in [2.24, 2.45) is 0 Å². The Morgan fingerprint density at radius 3 is 2.44 bits per heavy atom. The van der Waals surface area contributed by atoms with E-state index in [2.05, 4.69) is 21.2 Å². The maximum absolute atomic E-state index is 11.2. The first-order chi connectivity index (χ1) is 7.63. The number of halogens is 1. The lowest BCUT2D eigenvalue weighted by atomic mass is 10.2. The zero-order valence-corrected chi connectivity index (χ0v) is 11.3. The standard InChI is InChI=1S/C12H17BrN2O/c1-15(2)11-5-3-10(4-6-11)9-14-12(16)7-8-13/h3-6H,7-9H2,1-2H3,(H,14,16). The number of hydrogen-bond donors (Lipinski definition) is 1. The van der Waals surface area contributed by atoms with E-state index in [1.54, 1.807) is 0 Å². The molecule has 0 fully saturated rings. The van der Waals surface area contributed by atoms with Crippen LogP contribution in [0.1, 0.15) is 12.0 Å². The maximum atomic E-state index is 11.2. The quantitative estimate of drug-likeness (QED) is 0.841. The molecule has 0 atom stereocenters. The average Bonchev–Trinajstić information content (AvgIpc) is 2.27. The van der Waals surface area contributed by atoms with Gasteiger partial charge in [0.2, 0.25) is 5.91 Å². The first-order valence-electron chi connectivity index (χ1n) is 5.22. The molecule has 0 radical (unpaired) electrons. The van der Waals surface area contributed by atoms with E-state index in [1.165, 1.54) is 0 Å². The second kappa shape index (κ2) is 6.53. The Hall–Kier alpha value is -1.03. The summed E-state index contributed by atoms with van der Waals surface area (Å²) in [5.41, 5.74) is 2.28. The van der Waals surface area contributed by atoms with Crippen LogP contribution in [0.5, 0.6) is 0 Å². The van der Waals surface area contributed by atoms with Crippen LogP contribution in [-0.2, 0) is 11.3 Å². The van der Waals surface area contributed by atoms with Gasteiger partial charge in [0.25, 0.3) is 0 Å². The molecule has 1 rings (SSSR count). The molecule has 1 N–H and O–H groups in total. The molecule has 0 unspecified atom stereocenters. The van der Waals surface area contributed by atoms with Gasteiger partial charge < -0.3 is 10.2 Å². The van der Waals surface area contributed by atoms with Gasteiger partial charge in [0.15, 0.2) is 0 Å². The average molecular weight is 285 g/mol. The largest absolute Gasteiger partial charge is 0.378 e. The van der Waals surface area contributed by atoms with Crippen molar-refractivity contribution in [2.75, 3.05) is 24.3 Å². The molecule has 0 aromatic heterocycles. The van der Waals surface area contributed by atoms with Crippen LogP contribution in [-0.4, -0.2) is 25.3 Å². The minimum atomic E-state index is 0.0774. The molecule has 0 spiro atoms. The lowest BCUT2D eigenvalue weighted by molar-refractivity contribution is -0.120. The van der Waals surface area contributed by atoms with Gasteiger partial charge in [-0.2, -0.15) is 0 Å². The fourth-order valence-electron chi connectivity index (χ4n) is 1.29. The summed E-state index contributed by atoms with van der Waals surface area (Å²) in [6.07, 6.45) is 0.524. The molecule has 0 aliphatic heterocycles. The third-order valence-electron chi connectivity index (χ3n) is 2.26. The molecule has 3 nitrogen and oxygen atoms in total. The number of nitrogens with one attached hydrogen (secondary N) is 1. The number of hydrogen-bond acceptors (Lipinski definition) is 2. The summed E-state index contributed by atoms with van der Waals surface area (Å²) in [6, 6.07) is 8.16. The number of benzene rings is 1. The third-order valence-corrected chi connectivity index (χ3v) is 2.66. The van der Waals surface area contributed by atoms with Crippen molar-refractivity contribution < 1.29 is 4.79 Å². The molecule has 1 aromatic carbocycles. The number of anilines is 1. The first-order valence-corrected chi connectivity index (χ1v) is 6.34. The molecule has 16 heavy (non-hydrogen) atoms. The zero-order valence-electron chi connectivity index (χ0n) is 9.66. The molecule has 0 saturated heterocycles. The van der Waals surface area contributed by atoms with Gasteiger partial charge in [-0.15, -0.1) is 0 Å². The summed E-state index contributed by atoms with van der Waals surface area (Å²) in [4.78, 5) is 13.3. The summed E-state index contributed by atoms with van der Waals surface area (Å²) in [7, 11) is 4.01. The van der Waals surface area contributed by atoms with Gasteiger partial charge >= 0.3 is 0 Å². The zero-order chi connectivity index (χ0) is 12.0. The van der Waals surface area contributed by atoms with Gasteiger partial charge in [0.1, 0.15) is 0 Å². The molecule has 0 aliphatic carbocycles. The Morgan fingerprint density at radius 1 is 1.31 bits per heavy atom. The summed E-state index contributed by atoms with van der Waals surface area (Å²) < 4.78 is 0. The SMILES string of the molecule is CN(C)c1ccc(CNC(=O)CCBr)cc1. The minimum Gasteiger partial charge on any atom is -0.378 e. The molecule has 0 aliphatic rings. The van der Waals surface area contributed by atoms with Crippen LogP contribution in [0.4, 0.5) is 5.69 Å². The number of amides is 1. The fraction of sp³-hybridized carbons (Fsp3) is 0.417. The third kappa shape index (κ3) is 4.23. The van der Waals surface area contributed by atoms with E-state index in [4.69, 9.17) is 0 Å². The Kier molecular flexibility index (Phi) is 5.32. The molecule has 1 aromatic rings. The fourth-order valence-corrected chi connectivity index (χ4v) is 1.65. The molecular formula is C12H17BrN2O. The minimum absolute atomic E-state index is 0.0774. The lowest BCUT2D eigenvalue weighted by Crippen LogP contribution is -2.22. The van der Waals surface area contributed by atoms with Crippen LogP contribution >= 0.6 is 15.9 Å². The van der Waals surface area contributed by atoms with Crippen molar-refractivity contribution in [2.45, 2.75) is 13.0 Å². The number of nitrogens with zero attached hydrogens (tertiary/aromatic N) is 1. The Morgan fingerprint density at radius 2 is 1.94 bits per heavy atom. The van der Waals surface area contributed by atoms with Crippen molar-refractivity contribution in [1.29, 1.82) is 0 Å². The van der Waals surface area contributed by atoms with Gasteiger partial charge in [-0.1, -0.05) is 28.1 Å². The lowest BCUT2D eigenvalue weighted by Gasteiger charge is -2.12. The van der Waals surface area contributed by atoms with Crippen LogP contribution in [0.3, 0.4) is 0 Å². The van der Waals surface area contributed by atoms with Crippen LogP contribution < -0.4 is 10.2 Å². The maximum Gasteiger partial charge on any atom is 0.221 e. The smallest absolute Gasteiger partial charge is 0.221 e. The van der Waals surface area contributed by atoms with E-state index in [1.807, 2.05) is 43.3 Å². The first kappa shape index (κ1) is 13.0. The van der Waals surface area contributed by atoms with Gasteiger partial charge in [0.05, 0.1) is 0 Å². The summed E-state index contributed by atoms with van der Waals surface area (Å²) in [5.74, 6) is 0.0774. The molecule has 88 valence electrons. The topological polar surface area (TPSA) is 32.3 Å². The highest BCUT2D eigenvalue weighted by molar-refractivity contribution is 9.09. The second-order valence-corrected chi connectivity index (χ2v) is 4.57. The van der Waals surface area contributed by atoms with Crippen molar-refractivity contribution >= 4 is 27.5 Å². The number of rotatable bonds is 5. The van der Waals surface area contributed by atoms with Crippen LogP contribution in [0.2, 0.25) is 0 Å². The number of alkyl halides is 1. The molecule has 4 heteroatoms. The summed E-state index contributed by atoms with van der Waals surface area (Å²) >= 11 is 3.24. The van der Waals surface area contributed by atoms with E-state index >= 15 is 0 Å². The van der Waals surface area contributed by atoms with Crippen LogP contribution in [0.25, 0.3) is 0 Å². The van der Waals surface area contributed by atoms with Gasteiger partial charge in [0, 0.05) is 38.1 Å². The predicted octanol–water partition coefficient (Wildman–Crippen LogP) is 2.15. The molecule has 0 heterocycles. The van der Waals surface area contributed by atoms with E-state index < -0.39 is 0 Å².